The van der Waals surface area contributed by atoms with Crippen LogP contribution in [0, 0.1) is 6.92 Å². The molecule has 0 unspecified atom stereocenters. The number of hydrogen-bond donors (Lipinski definition) is 2. The van der Waals surface area contributed by atoms with Crippen LogP contribution in [0.2, 0.25) is 0 Å². The molecule has 0 aliphatic carbocycles. The van der Waals surface area contributed by atoms with E-state index in [-0.39, 0.29) is 12.4 Å². The molecule has 0 spiro atoms. The zero-order chi connectivity index (χ0) is 20.9. The van der Waals surface area contributed by atoms with Gasteiger partial charge < -0.3 is 17.4 Å². The van der Waals surface area contributed by atoms with Crippen LogP contribution in [0.3, 0.4) is 0 Å². The number of para-hydroxylation sites is 1. The van der Waals surface area contributed by atoms with Crippen LogP contribution in [-0.4, -0.2) is 11.2 Å². The largest absolute Gasteiger partial charge is 1.00 e. The second-order valence-corrected chi connectivity index (χ2v) is 7.40. The van der Waals surface area contributed by atoms with Crippen molar-refractivity contribution in [2.24, 2.45) is 0 Å². The van der Waals surface area contributed by atoms with Crippen molar-refractivity contribution >= 4 is 34.0 Å². The lowest BCUT2D eigenvalue weighted by atomic mass is 9.89. The van der Waals surface area contributed by atoms with E-state index in [1.807, 2.05) is 61.8 Å². The maximum Gasteiger partial charge on any atom is 0.416 e. The molecule has 0 fully saturated rings. The lowest BCUT2D eigenvalue weighted by molar-refractivity contribution is -0.342. The monoisotopic (exact) mass is 438 g/mol. The van der Waals surface area contributed by atoms with Gasteiger partial charge in [-0.1, -0.05) is 36.4 Å². The Kier molecular flexibility index (Phi) is 5.23. The van der Waals surface area contributed by atoms with Gasteiger partial charge in [-0.15, -0.1) is 0 Å². The van der Waals surface area contributed by atoms with Crippen LogP contribution in [0.1, 0.15) is 27.8 Å². The van der Waals surface area contributed by atoms with Gasteiger partial charge in [-0.05, 0) is 42.3 Å². The standard InChI is InChI=1S/C25H17F3N2.ClH/c1-15-5-4-8-22-23(15)20(14-30-22)24(16-9-11-17(12-10-16)25(26,27)28)19-13-29-21-7-3-2-6-18(19)21;/h2-14,30H,1H3;1H. The number of allylic oxidation sites excluding steroid dienone is 1. The Morgan fingerprint density at radius 1 is 0.903 bits per heavy atom. The number of alkyl halides is 3. The summed E-state index contributed by atoms with van der Waals surface area (Å²) in [6.07, 6.45) is -0.502. The number of fused-ring (bicyclic) bond motifs is 2. The van der Waals surface area contributed by atoms with Crippen LogP contribution < -0.4 is 17.4 Å². The number of hydrogen-bond acceptors (Lipinski definition) is 0. The highest BCUT2D eigenvalue weighted by Crippen LogP contribution is 2.39. The highest BCUT2D eigenvalue weighted by atomic mass is 35.5. The maximum atomic E-state index is 13.1. The van der Waals surface area contributed by atoms with E-state index in [4.69, 9.17) is 0 Å². The van der Waals surface area contributed by atoms with Gasteiger partial charge in [-0.2, -0.15) is 13.2 Å². The topological polar surface area (TPSA) is 29.8 Å². The van der Waals surface area contributed by atoms with Gasteiger partial charge in [0.2, 0.25) is 5.69 Å². The molecule has 2 nitrogen and oxygen atoms in total. The van der Waals surface area contributed by atoms with Gasteiger partial charge in [0.05, 0.1) is 16.7 Å². The molecular formula is C25H18ClF3N2. The molecule has 0 amide bonds. The van der Waals surface area contributed by atoms with E-state index in [2.05, 4.69) is 9.98 Å². The second kappa shape index (κ2) is 7.75. The molecule has 0 radical (unpaired) electrons. The third kappa shape index (κ3) is 3.55. The minimum absolute atomic E-state index is 0. The van der Waals surface area contributed by atoms with Gasteiger partial charge in [0.25, 0.3) is 0 Å². The molecule has 2 N–H and O–H groups in total. The van der Waals surface area contributed by atoms with Crippen LogP contribution >= 0.6 is 0 Å². The van der Waals surface area contributed by atoms with Crippen LogP contribution in [0.5, 0.6) is 0 Å². The van der Waals surface area contributed by atoms with Crippen molar-refractivity contribution in [1.82, 2.24) is 4.98 Å². The molecule has 6 heteroatoms. The maximum absolute atomic E-state index is 13.1. The Labute approximate surface area is 183 Å². The van der Waals surface area contributed by atoms with Gasteiger partial charge >= 0.3 is 6.18 Å². The van der Waals surface area contributed by atoms with Crippen molar-refractivity contribution in [3.05, 3.63) is 101 Å². The smallest absolute Gasteiger partial charge is 0.416 e. The lowest BCUT2D eigenvalue weighted by Crippen LogP contribution is -3.00. The van der Waals surface area contributed by atoms with E-state index in [9.17, 15) is 13.2 Å². The molecule has 0 atom stereocenters. The molecule has 156 valence electrons. The van der Waals surface area contributed by atoms with Crippen molar-refractivity contribution in [1.29, 1.82) is 0 Å². The number of rotatable bonds is 2. The molecule has 0 saturated heterocycles. The summed E-state index contributed by atoms with van der Waals surface area (Å²) in [6, 6.07) is 19.4. The summed E-state index contributed by atoms with van der Waals surface area (Å²) in [4.78, 5) is 6.60. The van der Waals surface area contributed by atoms with Crippen LogP contribution in [0.4, 0.5) is 18.9 Å². The predicted molar refractivity (Wildman–Crippen MR) is 114 cm³/mol. The van der Waals surface area contributed by atoms with Gasteiger partial charge in [0, 0.05) is 34.3 Å². The predicted octanol–water partition coefficient (Wildman–Crippen LogP) is 2.25. The van der Waals surface area contributed by atoms with Gasteiger partial charge in [-0.25, -0.2) is 4.99 Å². The zero-order valence-corrected chi connectivity index (χ0v) is 17.3. The highest BCUT2D eigenvalue weighted by Gasteiger charge is 2.31. The number of aromatic amines is 1. The summed E-state index contributed by atoms with van der Waals surface area (Å²) in [5.74, 6) is 0. The third-order valence-corrected chi connectivity index (χ3v) is 5.54. The molecule has 0 saturated carbocycles. The summed E-state index contributed by atoms with van der Waals surface area (Å²) in [5.41, 5.74) is 6.99. The molecule has 0 bridgehead atoms. The quantitative estimate of drug-likeness (QED) is 0.481. The minimum atomic E-state index is -4.36. The fourth-order valence-electron chi connectivity index (χ4n) is 4.13. The van der Waals surface area contributed by atoms with E-state index < -0.39 is 11.7 Å². The van der Waals surface area contributed by atoms with E-state index in [1.165, 1.54) is 0 Å². The number of aryl methyl sites for hydroxylation is 1. The Hall–Kier alpha value is -3.31. The van der Waals surface area contributed by atoms with Crippen LogP contribution in [0.15, 0.2) is 72.9 Å². The molecule has 1 aliphatic rings. The summed E-state index contributed by atoms with van der Waals surface area (Å²) < 4.78 is 39.4. The first-order valence-electron chi connectivity index (χ1n) is 9.61. The normalized spacial score (nSPS) is 14.5. The Bertz CT molecular complexity index is 1330. The average molecular weight is 439 g/mol. The zero-order valence-electron chi connectivity index (χ0n) is 16.5. The van der Waals surface area contributed by atoms with Crippen molar-refractivity contribution in [3.8, 4) is 0 Å². The average Bonchev–Trinajstić information content (AvgIpc) is 3.34. The van der Waals surface area contributed by atoms with E-state index in [1.54, 1.807) is 12.1 Å². The number of benzene rings is 3. The molecular weight excluding hydrogens is 421 g/mol. The highest BCUT2D eigenvalue weighted by molar-refractivity contribution is 6.25. The molecule has 31 heavy (non-hydrogen) atoms. The molecule has 5 rings (SSSR count). The van der Waals surface area contributed by atoms with E-state index in [0.717, 1.165) is 62.1 Å². The third-order valence-electron chi connectivity index (χ3n) is 5.54. The summed E-state index contributed by atoms with van der Waals surface area (Å²) in [5, 5.41) is 1.07. The summed E-state index contributed by atoms with van der Waals surface area (Å²) in [6.45, 7) is 2.04. The SMILES string of the molecule is Cc1cccc2[nH]cc(C(=C3C=[NH+]c4ccccc43)c3ccc(C(F)(F)F)cc3)c12.[Cl-]. The number of aromatic nitrogens is 1. The molecule has 3 aromatic carbocycles. The van der Waals surface area contributed by atoms with E-state index >= 15 is 0 Å². The van der Waals surface area contributed by atoms with E-state index in [0.29, 0.717) is 0 Å². The van der Waals surface area contributed by atoms with Crippen molar-refractivity contribution in [2.75, 3.05) is 0 Å². The molecule has 2 heterocycles. The molecule has 1 aliphatic heterocycles. The lowest BCUT2D eigenvalue weighted by Gasteiger charge is -2.13. The first-order chi connectivity index (χ1) is 14.4. The fourth-order valence-corrected chi connectivity index (χ4v) is 4.13. The van der Waals surface area contributed by atoms with Gasteiger partial charge in [-0.3, -0.25) is 0 Å². The Morgan fingerprint density at radius 2 is 1.65 bits per heavy atom. The Morgan fingerprint density at radius 3 is 2.39 bits per heavy atom. The second-order valence-electron chi connectivity index (χ2n) is 7.40. The minimum Gasteiger partial charge on any atom is -1.00 e. The first-order valence-corrected chi connectivity index (χ1v) is 9.61. The van der Waals surface area contributed by atoms with Crippen molar-refractivity contribution < 1.29 is 30.6 Å². The number of halogens is 4. The van der Waals surface area contributed by atoms with Crippen LogP contribution in [-0.2, 0) is 6.18 Å². The molecule has 4 aromatic rings. The number of H-pyrrole nitrogens is 1. The molecule has 1 aromatic heterocycles. The summed E-state index contributed by atoms with van der Waals surface area (Å²) in [7, 11) is 0. The summed E-state index contributed by atoms with van der Waals surface area (Å²) >= 11 is 0. The van der Waals surface area contributed by atoms with Crippen molar-refractivity contribution in [2.45, 2.75) is 13.1 Å². The van der Waals surface area contributed by atoms with Crippen LogP contribution in [0.25, 0.3) is 22.0 Å². The number of nitrogens with one attached hydrogen (secondary N) is 2. The van der Waals surface area contributed by atoms with Gasteiger partial charge in [0.15, 0.2) is 6.21 Å². The first kappa shape index (κ1) is 20.9. The fraction of sp³-hybridized carbons (Fsp3) is 0.0800. The van der Waals surface area contributed by atoms with Gasteiger partial charge in [0.1, 0.15) is 0 Å². The van der Waals surface area contributed by atoms with Crippen molar-refractivity contribution in [3.63, 3.8) is 0 Å². The Balaban J connectivity index is 0.00000231.